The molecule has 0 heterocycles. The van der Waals surface area contributed by atoms with Gasteiger partial charge in [0.25, 0.3) is 0 Å². The van der Waals surface area contributed by atoms with E-state index in [9.17, 15) is 12.8 Å². The lowest BCUT2D eigenvalue weighted by atomic mass is 10.2. The molecular weight excluding hydrogens is 269 g/mol. The Hall–Kier alpha value is -1.14. The van der Waals surface area contributed by atoms with E-state index in [1.165, 1.54) is 23.5 Å². The molecular formula is C13H20FNO3S. The summed E-state index contributed by atoms with van der Waals surface area (Å²) >= 11 is 0. The lowest BCUT2D eigenvalue weighted by Gasteiger charge is -2.23. The third-order valence-corrected chi connectivity index (χ3v) is 5.18. The number of halogens is 1. The first kappa shape index (κ1) is 15.9. The molecule has 108 valence electrons. The molecule has 19 heavy (non-hydrogen) atoms. The molecule has 0 radical (unpaired) electrons. The van der Waals surface area contributed by atoms with Crippen LogP contribution in [0.3, 0.4) is 0 Å². The summed E-state index contributed by atoms with van der Waals surface area (Å²) in [5.41, 5.74) is 0.601. The first-order valence-electron chi connectivity index (χ1n) is 6.14. The van der Waals surface area contributed by atoms with Crippen molar-refractivity contribution in [2.45, 2.75) is 32.6 Å². The van der Waals surface area contributed by atoms with Gasteiger partial charge in [-0.15, -0.1) is 0 Å². The zero-order valence-electron chi connectivity index (χ0n) is 11.7. The van der Waals surface area contributed by atoms with Crippen LogP contribution < -0.4 is 4.74 Å². The summed E-state index contributed by atoms with van der Waals surface area (Å²) < 4.78 is 43.9. The normalized spacial score (nSPS) is 12.2. The van der Waals surface area contributed by atoms with Crippen LogP contribution in [0.2, 0.25) is 0 Å². The highest BCUT2D eigenvalue weighted by atomic mass is 32.2. The number of hydrogen-bond donors (Lipinski definition) is 0. The molecule has 1 aromatic rings. The topological polar surface area (TPSA) is 46.6 Å². The van der Waals surface area contributed by atoms with E-state index < -0.39 is 21.1 Å². The Kier molecular flexibility index (Phi) is 5.31. The van der Waals surface area contributed by atoms with Crippen LogP contribution in [0.1, 0.15) is 26.3 Å². The Balaban J connectivity index is 2.97. The van der Waals surface area contributed by atoms with Gasteiger partial charge in [-0.25, -0.2) is 12.8 Å². The molecule has 0 aliphatic rings. The number of benzene rings is 1. The zero-order chi connectivity index (χ0) is 14.6. The Morgan fingerprint density at radius 2 is 2.00 bits per heavy atom. The second kappa shape index (κ2) is 6.34. The van der Waals surface area contributed by atoms with E-state index in [1.807, 2.05) is 0 Å². The summed E-state index contributed by atoms with van der Waals surface area (Å²) in [6.45, 7) is 5.55. The van der Waals surface area contributed by atoms with E-state index >= 15 is 0 Å². The van der Waals surface area contributed by atoms with Crippen molar-refractivity contribution in [1.82, 2.24) is 4.31 Å². The Morgan fingerprint density at radius 3 is 2.42 bits per heavy atom. The molecule has 0 aliphatic carbocycles. The molecule has 0 spiro atoms. The quantitative estimate of drug-likeness (QED) is 0.808. The van der Waals surface area contributed by atoms with Crippen molar-refractivity contribution in [2.75, 3.05) is 13.7 Å². The maximum atomic E-state index is 13.6. The van der Waals surface area contributed by atoms with Gasteiger partial charge in [0, 0.05) is 13.1 Å². The van der Waals surface area contributed by atoms with Crippen molar-refractivity contribution >= 4 is 10.0 Å². The molecule has 6 heteroatoms. The van der Waals surface area contributed by atoms with E-state index in [-0.39, 0.29) is 12.3 Å². The molecule has 0 fully saturated rings. The molecule has 0 N–H and O–H groups in total. The largest absolute Gasteiger partial charge is 0.494 e. The van der Waals surface area contributed by atoms with Crippen LogP contribution in [0.5, 0.6) is 5.75 Å². The maximum absolute atomic E-state index is 13.6. The van der Waals surface area contributed by atoms with E-state index in [0.29, 0.717) is 12.1 Å². The summed E-state index contributed by atoms with van der Waals surface area (Å²) in [5, 5.41) is -0.490. The van der Waals surface area contributed by atoms with E-state index in [1.54, 1.807) is 26.8 Å². The van der Waals surface area contributed by atoms with Crippen LogP contribution in [0.4, 0.5) is 4.39 Å². The Labute approximate surface area is 114 Å². The lowest BCUT2D eigenvalue weighted by Crippen LogP contribution is -2.35. The molecule has 0 aromatic heterocycles. The van der Waals surface area contributed by atoms with Crippen molar-refractivity contribution in [3.05, 3.63) is 29.6 Å². The predicted molar refractivity (Wildman–Crippen MR) is 73.1 cm³/mol. The fourth-order valence-electron chi connectivity index (χ4n) is 1.69. The van der Waals surface area contributed by atoms with E-state index in [2.05, 4.69) is 0 Å². The van der Waals surface area contributed by atoms with Gasteiger partial charge in [0.1, 0.15) is 0 Å². The molecule has 0 atom stereocenters. The third kappa shape index (κ3) is 3.67. The lowest BCUT2D eigenvalue weighted by molar-refractivity contribution is 0.384. The average molecular weight is 289 g/mol. The van der Waals surface area contributed by atoms with Gasteiger partial charge in [-0.1, -0.05) is 13.0 Å². The highest BCUT2D eigenvalue weighted by Crippen LogP contribution is 2.20. The molecule has 1 rings (SSSR count). The standard InChI is InChI=1S/C13H20FNO3S/c1-5-15(19(16,17)10(2)3)9-11-6-7-13(18-4)12(14)8-11/h6-8,10H,5,9H2,1-4H3. The summed E-state index contributed by atoms with van der Waals surface area (Å²) in [4.78, 5) is 0. The van der Waals surface area contributed by atoms with Crippen molar-refractivity contribution in [3.8, 4) is 5.75 Å². The van der Waals surface area contributed by atoms with Crippen LogP contribution in [-0.4, -0.2) is 31.6 Å². The number of rotatable bonds is 6. The average Bonchev–Trinajstić information content (AvgIpc) is 2.35. The van der Waals surface area contributed by atoms with Crippen molar-refractivity contribution in [3.63, 3.8) is 0 Å². The minimum absolute atomic E-state index is 0.151. The molecule has 0 unspecified atom stereocenters. The first-order valence-corrected chi connectivity index (χ1v) is 7.64. The van der Waals surface area contributed by atoms with Crippen LogP contribution in [0, 0.1) is 5.82 Å². The number of methoxy groups -OCH3 is 1. The smallest absolute Gasteiger partial charge is 0.216 e. The van der Waals surface area contributed by atoms with Gasteiger partial charge in [-0.3, -0.25) is 0 Å². The Bertz CT molecular complexity index is 529. The maximum Gasteiger partial charge on any atom is 0.216 e. The number of sulfonamides is 1. The molecule has 0 aliphatic heterocycles. The van der Waals surface area contributed by atoms with Gasteiger partial charge in [0.05, 0.1) is 12.4 Å². The van der Waals surface area contributed by atoms with Crippen LogP contribution in [0.15, 0.2) is 18.2 Å². The number of ether oxygens (including phenoxy) is 1. The molecule has 0 amide bonds. The van der Waals surface area contributed by atoms with Gasteiger partial charge in [0.15, 0.2) is 11.6 Å². The van der Waals surface area contributed by atoms with Crippen LogP contribution in [0.25, 0.3) is 0 Å². The third-order valence-electron chi connectivity index (χ3n) is 2.88. The fourth-order valence-corrected chi connectivity index (χ4v) is 2.98. The minimum atomic E-state index is -3.34. The second-order valence-electron chi connectivity index (χ2n) is 4.49. The van der Waals surface area contributed by atoms with E-state index in [4.69, 9.17) is 4.74 Å². The summed E-state index contributed by atoms with van der Waals surface area (Å²) in [7, 11) is -1.95. The van der Waals surface area contributed by atoms with Gasteiger partial charge in [-0.05, 0) is 31.5 Å². The summed E-state index contributed by atoms with van der Waals surface area (Å²) in [5.74, 6) is -0.337. The zero-order valence-corrected chi connectivity index (χ0v) is 12.5. The predicted octanol–water partition coefficient (Wildman–Crippen LogP) is 2.39. The number of nitrogens with zero attached hydrogens (tertiary/aromatic N) is 1. The Morgan fingerprint density at radius 1 is 1.37 bits per heavy atom. The van der Waals surface area contributed by atoms with Gasteiger partial charge in [-0.2, -0.15) is 4.31 Å². The highest BCUT2D eigenvalue weighted by Gasteiger charge is 2.24. The number of hydrogen-bond acceptors (Lipinski definition) is 3. The van der Waals surface area contributed by atoms with Crippen molar-refractivity contribution in [1.29, 1.82) is 0 Å². The summed E-state index contributed by atoms with van der Waals surface area (Å²) in [6.07, 6.45) is 0. The van der Waals surface area contributed by atoms with Gasteiger partial charge in [0.2, 0.25) is 10.0 Å². The van der Waals surface area contributed by atoms with E-state index in [0.717, 1.165) is 0 Å². The van der Waals surface area contributed by atoms with Crippen LogP contribution >= 0.6 is 0 Å². The van der Waals surface area contributed by atoms with Crippen LogP contribution in [-0.2, 0) is 16.6 Å². The van der Waals surface area contributed by atoms with Crippen molar-refractivity contribution < 1.29 is 17.5 Å². The highest BCUT2D eigenvalue weighted by molar-refractivity contribution is 7.89. The monoisotopic (exact) mass is 289 g/mol. The molecule has 4 nitrogen and oxygen atoms in total. The fraction of sp³-hybridized carbons (Fsp3) is 0.538. The molecule has 0 saturated heterocycles. The summed E-state index contributed by atoms with van der Waals surface area (Å²) in [6, 6.07) is 4.47. The molecule has 0 saturated carbocycles. The van der Waals surface area contributed by atoms with Gasteiger partial charge < -0.3 is 4.74 Å². The SMILES string of the molecule is CCN(Cc1ccc(OC)c(F)c1)S(=O)(=O)C(C)C. The van der Waals surface area contributed by atoms with Gasteiger partial charge >= 0.3 is 0 Å². The van der Waals surface area contributed by atoms with Crippen molar-refractivity contribution in [2.24, 2.45) is 0 Å². The second-order valence-corrected chi connectivity index (χ2v) is 6.98. The molecule has 1 aromatic carbocycles. The molecule has 0 bridgehead atoms. The first-order chi connectivity index (χ1) is 8.82. The minimum Gasteiger partial charge on any atom is -0.494 e.